The number of hydrogen-bond acceptors (Lipinski definition) is 5. The maximum atomic E-state index is 12.3. The van der Waals surface area contributed by atoms with Gasteiger partial charge in [-0.05, 0) is 37.0 Å². The summed E-state index contributed by atoms with van der Waals surface area (Å²) in [7, 11) is -2.26. The molecule has 0 bridgehead atoms. The normalized spacial score (nSPS) is 15.6. The second-order valence-electron chi connectivity index (χ2n) is 5.97. The molecule has 1 saturated carbocycles. The number of rotatable bonds is 10. The van der Waals surface area contributed by atoms with Crippen LogP contribution in [0.3, 0.4) is 0 Å². The molecule has 1 aromatic rings. The lowest BCUT2D eigenvalue weighted by atomic mass is 10.1. The Morgan fingerprint density at radius 3 is 2.68 bits per heavy atom. The predicted molar refractivity (Wildman–Crippen MR) is 89.7 cm³/mol. The van der Waals surface area contributed by atoms with Crippen LogP contribution in [0, 0.1) is 5.92 Å². The van der Waals surface area contributed by atoms with Crippen LogP contribution in [-0.4, -0.2) is 51.7 Å². The van der Waals surface area contributed by atoms with Crippen LogP contribution in [0.15, 0.2) is 29.2 Å². The largest absolute Gasteiger partial charge is 0.480 e. The Balaban J connectivity index is 2.08. The zero-order valence-corrected chi connectivity index (χ0v) is 14.7. The van der Waals surface area contributed by atoms with Gasteiger partial charge < -0.3 is 15.2 Å². The first-order valence-electron chi connectivity index (χ1n) is 7.96. The quantitative estimate of drug-likeness (QED) is 0.554. The van der Waals surface area contributed by atoms with Crippen LogP contribution >= 0.6 is 0 Å². The third-order valence-electron chi connectivity index (χ3n) is 3.88. The highest BCUT2D eigenvalue weighted by Crippen LogP contribution is 2.28. The van der Waals surface area contributed by atoms with E-state index < -0.39 is 27.9 Å². The number of carbonyl (C=O) groups is 2. The summed E-state index contributed by atoms with van der Waals surface area (Å²) in [4.78, 5) is 23.4. The van der Waals surface area contributed by atoms with Gasteiger partial charge in [-0.1, -0.05) is 6.07 Å². The Bertz CT molecular complexity index is 730. The van der Waals surface area contributed by atoms with Crippen molar-refractivity contribution < 1.29 is 27.9 Å². The van der Waals surface area contributed by atoms with Gasteiger partial charge in [0.15, 0.2) is 0 Å². The molecular weight excluding hydrogens is 348 g/mol. The van der Waals surface area contributed by atoms with Gasteiger partial charge in [0.2, 0.25) is 10.0 Å². The second kappa shape index (κ2) is 8.41. The molecule has 1 atom stereocenters. The molecule has 9 heteroatoms. The van der Waals surface area contributed by atoms with Crippen LogP contribution in [0.5, 0.6) is 0 Å². The highest BCUT2D eigenvalue weighted by Gasteiger charge is 2.25. The highest BCUT2D eigenvalue weighted by atomic mass is 32.2. The predicted octanol–water partition coefficient (Wildman–Crippen LogP) is 0.594. The van der Waals surface area contributed by atoms with Gasteiger partial charge in [0.05, 0.1) is 4.90 Å². The first-order valence-corrected chi connectivity index (χ1v) is 9.44. The fourth-order valence-corrected chi connectivity index (χ4v) is 3.33. The molecule has 3 N–H and O–H groups in total. The second-order valence-corrected chi connectivity index (χ2v) is 7.74. The summed E-state index contributed by atoms with van der Waals surface area (Å²) in [5.41, 5.74) is 0.0814. The molecule has 1 fully saturated rings. The molecule has 0 saturated heterocycles. The molecule has 1 amide bonds. The number of carboxylic acids is 1. The number of ether oxygens (including phenoxy) is 1. The van der Waals surface area contributed by atoms with Gasteiger partial charge in [-0.15, -0.1) is 0 Å². The van der Waals surface area contributed by atoms with Crippen LogP contribution in [-0.2, 0) is 19.6 Å². The number of carbonyl (C=O) groups excluding carboxylic acids is 1. The SMILES string of the molecule is COCCC(NC(=O)c1cccc(S(=O)(=O)NCC2CC2)c1)C(=O)O. The van der Waals surface area contributed by atoms with E-state index in [1.54, 1.807) is 0 Å². The van der Waals surface area contributed by atoms with Crippen molar-refractivity contribution in [2.24, 2.45) is 5.92 Å². The minimum Gasteiger partial charge on any atom is -0.480 e. The Hall–Kier alpha value is -1.97. The number of benzene rings is 1. The summed E-state index contributed by atoms with van der Waals surface area (Å²) in [6.07, 6.45) is 2.14. The van der Waals surface area contributed by atoms with Crippen molar-refractivity contribution >= 4 is 21.9 Å². The molecule has 0 radical (unpaired) electrons. The highest BCUT2D eigenvalue weighted by molar-refractivity contribution is 7.89. The monoisotopic (exact) mass is 370 g/mol. The molecule has 1 aliphatic carbocycles. The maximum absolute atomic E-state index is 12.3. The molecule has 1 aromatic carbocycles. The summed E-state index contributed by atoms with van der Waals surface area (Å²) in [6, 6.07) is 4.40. The number of hydrogen-bond donors (Lipinski definition) is 3. The van der Waals surface area contributed by atoms with Gasteiger partial charge in [-0.3, -0.25) is 4.79 Å². The van der Waals surface area contributed by atoms with Crippen molar-refractivity contribution in [3.8, 4) is 0 Å². The zero-order chi connectivity index (χ0) is 18.4. The Kier molecular flexibility index (Phi) is 6.51. The fourth-order valence-electron chi connectivity index (χ4n) is 2.17. The lowest BCUT2D eigenvalue weighted by Crippen LogP contribution is -2.41. The average Bonchev–Trinajstić information content (AvgIpc) is 3.41. The summed E-state index contributed by atoms with van der Waals surface area (Å²) >= 11 is 0. The number of nitrogens with one attached hydrogen (secondary N) is 2. The molecule has 0 spiro atoms. The van der Waals surface area contributed by atoms with E-state index in [1.165, 1.54) is 31.4 Å². The smallest absolute Gasteiger partial charge is 0.326 e. The third kappa shape index (κ3) is 5.80. The van der Waals surface area contributed by atoms with E-state index in [9.17, 15) is 18.0 Å². The summed E-state index contributed by atoms with van der Waals surface area (Å²) in [5.74, 6) is -1.44. The van der Waals surface area contributed by atoms with Crippen molar-refractivity contribution in [3.05, 3.63) is 29.8 Å². The number of sulfonamides is 1. The van der Waals surface area contributed by atoms with Crippen molar-refractivity contribution in [1.29, 1.82) is 0 Å². The molecule has 138 valence electrons. The van der Waals surface area contributed by atoms with Crippen molar-refractivity contribution in [2.45, 2.75) is 30.2 Å². The number of methoxy groups -OCH3 is 1. The van der Waals surface area contributed by atoms with Gasteiger partial charge in [0, 0.05) is 32.2 Å². The minimum absolute atomic E-state index is 0.0235. The summed E-state index contributed by atoms with van der Waals surface area (Å²) < 4.78 is 31.9. The van der Waals surface area contributed by atoms with E-state index in [4.69, 9.17) is 9.84 Å². The van der Waals surface area contributed by atoms with Crippen molar-refractivity contribution in [2.75, 3.05) is 20.3 Å². The van der Waals surface area contributed by atoms with Crippen LogP contribution in [0.2, 0.25) is 0 Å². The molecule has 1 aliphatic rings. The lowest BCUT2D eigenvalue weighted by Gasteiger charge is -2.14. The molecular formula is C16H22N2O6S. The molecule has 0 heterocycles. The van der Waals surface area contributed by atoms with E-state index in [0.29, 0.717) is 12.5 Å². The van der Waals surface area contributed by atoms with E-state index in [-0.39, 0.29) is 23.5 Å². The van der Waals surface area contributed by atoms with E-state index in [1.807, 2.05) is 0 Å². The standard InChI is InChI=1S/C16H22N2O6S/c1-24-8-7-14(16(20)21)18-15(19)12-3-2-4-13(9-12)25(22,23)17-10-11-5-6-11/h2-4,9,11,14,17H,5-8,10H2,1H3,(H,18,19)(H,20,21). The third-order valence-corrected chi connectivity index (χ3v) is 5.30. The zero-order valence-electron chi connectivity index (χ0n) is 13.9. The van der Waals surface area contributed by atoms with Gasteiger partial charge >= 0.3 is 5.97 Å². The van der Waals surface area contributed by atoms with Crippen LogP contribution in [0.4, 0.5) is 0 Å². The van der Waals surface area contributed by atoms with E-state index >= 15 is 0 Å². The lowest BCUT2D eigenvalue weighted by molar-refractivity contribution is -0.139. The Morgan fingerprint density at radius 1 is 1.36 bits per heavy atom. The first kappa shape index (κ1) is 19.4. The minimum atomic E-state index is -3.70. The van der Waals surface area contributed by atoms with Gasteiger partial charge in [0.25, 0.3) is 5.91 Å². The molecule has 25 heavy (non-hydrogen) atoms. The van der Waals surface area contributed by atoms with E-state index in [2.05, 4.69) is 10.0 Å². The van der Waals surface area contributed by atoms with E-state index in [0.717, 1.165) is 12.8 Å². The molecule has 8 nitrogen and oxygen atoms in total. The number of aliphatic carboxylic acids is 1. The van der Waals surface area contributed by atoms with Crippen LogP contribution in [0.25, 0.3) is 0 Å². The van der Waals surface area contributed by atoms with Gasteiger partial charge in [-0.25, -0.2) is 17.9 Å². The first-order chi connectivity index (χ1) is 11.8. The van der Waals surface area contributed by atoms with Gasteiger partial charge in [-0.2, -0.15) is 0 Å². The van der Waals surface area contributed by atoms with Crippen molar-refractivity contribution in [3.63, 3.8) is 0 Å². The summed E-state index contributed by atoms with van der Waals surface area (Å²) in [6.45, 7) is 0.563. The number of carboxylic acid groups (broad SMARTS) is 1. The topological polar surface area (TPSA) is 122 Å². The average molecular weight is 370 g/mol. The fraction of sp³-hybridized carbons (Fsp3) is 0.500. The maximum Gasteiger partial charge on any atom is 0.326 e. The molecule has 1 unspecified atom stereocenters. The Labute approximate surface area is 146 Å². The summed E-state index contributed by atoms with van der Waals surface area (Å²) in [5, 5.41) is 11.5. The van der Waals surface area contributed by atoms with Crippen LogP contribution in [0.1, 0.15) is 29.6 Å². The Morgan fingerprint density at radius 2 is 2.08 bits per heavy atom. The molecule has 0 aliphatic heterocycles. The van der Waals surface area contributed by atoms with Crippen molar-refractivity contribution in [1.82, 2.24) is 10.0 Å². The van der Waals surface area contributed by atoms with Crippen LogP contribution < -0.4 is 10.0 Å². The molecule has 2 rings (SSSR count). The van der Waals surface area contributed by atoms with Gasteiger partial charge in [0.1, 0.15) is 6.04 Å². The number of amides is 1. The molecule has 0 aromatic heterocycles.